The van der Waals surface area contributed by atoms with Gasteiger partial charge in [-0.3, -0.25) is 4.90 Å². The third-order valence-corrected chi connectivity index (χ3v) is 6.67. The molecule has 3 aliphatic heterocycles. The first-order valence-corrected chi connectivity index (χ1v) is 9.30. The second-order valence-corrected chi connectivity index (χ2v) is 7.92. The Hall–Kier alpha value is -1.86. The molecule has 24 heavy (non-hydrogen) atoms. The minimum Gasteiger partial charge on any atom is -0.493 e. The average molecular weight is 344 g/mol. The third-order valence-electron chi connectivity index (χ3n) is 5.65. The Kier molecular flexibility index (Phi) is 3.06. The highest BCUT2D eigenvalue weighted by molar-refractivity contribution is 7.22. The van der Waals surface area contributed by atoms with E-state index in [1.165, 1.54) is 5.56 Å². The van der Waals surface area contributed by atoms with Gasteiger partial charge in [-0.25, -0.2) is 9.78 Å². The van der Waals surface area contributed by atoms with E-state index in [1.54, 1.807) is 11.3 Å². The summed E-state index contributed by atoms with van der Waals surface area (Å²) in [6.45, 7) is 3.93. The molecule has 1 aromatic carbocycles. The predicted octanol–water partition coefficient (Wildman–Crippen LogP) is 2.22. The number of ether oxygens (including phenoxy) is 1. The maximum atomic E-state index is 12.6. The molecule has 2 amide bonds. The van der Waals surface area contributed by atoms with Crippen LogP contribution in [0, 0.1) is 0 Å². The van der Waals surface area contributed by atoms with Crippen molar-refractivity contribution in [2.24, 2.45) is 0 Å². The van der Waals surface area contributed by atoms with E-state index < -0.39 is 0 Å². The fraction of sp³-hybridized carbons (Fsp3) is 0.529. The number of hydrogen-bond acceptors (Lipinski definition) is 5. The van der Waals surface area contributed by atoms with E-state index in [0.29, 0.717) is 6.04 Å². The molecular weight excluding hydrogens is 324 g/mol. The molecule has 0 radical (unpaired) electrons. The van der Waals surface area contributed by atoms with E-state index >= 15 is 0 Å². The number of piperidine rings is 1. The Morgan fingerprint density at radius 1 is 1.42 bits per heavy atom. The number of urea groups is 1. The lowest BCUT2D eigenvalue weighted by Crippen LogP contribution is -2.56. The third kappa shape index (κ3) is 1.91. The van der Waals surface area contributed by atoms with Gasteiger partial charge >= 0.3 is 6.03 Å². The number of nitrogens with zero attached hydrogens (tertiary/aromatic N) is 3. The van der Waals surface area contributed by atoms with E-state index in [4.69, 9.17) is 9.72 Å². The number of nitrogens with one attached hydrogen (secondary N) is 1. The van der Waals surface area contributed by atoms with Crippen LogP contribution in [-0.4, -0.2) is 54.2 Å². The minimum absolute atomic E-state index is 0.0147. The van der Waals surface area contributed by atoms with Crippen LogP contribution in [0.1, 0.15) is 18.9 Å². The lowest BCUT2D eigenvalue weighted by Gasteiger charge is -2.40. The second kappa shape index (κ2) is 5.07. The number of carbonyl (C=O) groups excluding carboxylic acids is 1. The van der Waals surface area contributed by atoms with Crippen LogP contribution >= 0.6 is 11.3 Å². The molecule has 2 fully saturated rings. The SMILES string of the molecule is C[C@H]1[C@H]2[C@@H](CCN1C)NC(=O)N2c1nc2c3c(ccc2s1)OCC3. The Balaban J connectivity index is 1.60. The van der Waals surface area contributed by atoms with Crippen LogP contribution < -0.4 is 15.0 Å². The van der Waals surface area contributed by atoms with Crippen molar-refractivity contribution in [2.75, 3.05) is 25.1 Å². The van der Waals surface area contributed by atoms with Gasteiger partial charge < -0.3 is 15.0 Å². The lowest BCUT2D eigenvalue weighted by atomic mass is 9.93. The van der Waals surface area contributed by atoms with Crippen LogP contribution in [0.25, 0.3) is 10.2 Å². The molecule has 0 bridgehead atoms. The quantitative estimate of drug-likeness (QED) is 0.862. The minimum atomic E-state index is -0.0147. The van der Waals surface area contributed by atoms with Gasteiger partial charge in [0.2, 0.25) is 0 Å². The molecule has 7 heteroatoms. The maximum absolute atomic E-state index is 12.6. The molecule has 2 saturated heterocycles. The fourth-order valence-electron chi connectivity index (χ4n) is 4.21. The Labute approximate surface area is 144 Å². The number of rotatable bonds is 1. The standard InChI is InChI=1S/C17H20N4O2S/c1-9-15-11(5-7-20(9)2)18-16(22)21(15)17-19-14-10-6-8-23-12(10)3-4-13(14)24-17/h3-4,9,11,15H,5-8H2,1-2H3,(H,18,22)/t9-,11+,15-/m0/s1. The molecule has 2 aromatic rings. The van der Waals surface area contributed by atoms with Crippen LogP contribution in [0.5, 0.6) is 5.75 Å². The highest BCUT2D eigenvalue weighted by atomic mass is 32.1. The zero-order valence-corrected chi connectivity index (χ0v) is 14.6. The summed E-state index contributed by atoms with van der Waals surface area (Å²) < 4.78 is 6.77. The number of fused-ring (bicyclic) bond motifs is 4. The molecule has 126 valence electrons. The van der Waals surface area contributed by atoms with E-state index in [2.05, 4.69) is 30.3 Å². The first kappa shape index (κ1) is 14.5. The molecule has 0 aliphatic carbocycles. The summed E-state index contributed by atoms with van der Waals surface area (Å²) in [6.07, 6.45) is 1.88. The molecule has 3 aliphatic rings. The molecule has 6 nitrogen and oxygen atoms in total. The van der Waals surface area contributed by atoms with Gasteiger partial charge in [0.05, 0.1) is 28.9 Å². The van der Waals surface area contributed by atoms with Crippen molar-refractivity contribution >= 4 is 32.7 Å². The number of anilines is 1. The number of likely N-dealkylation sites (tertiary alicyclic amines) is 1. The van der Waals surface area contributed by atoms with Crippen molar-refractivity contribution in [1.29, 1.82) is 0 Å². The van der Waals surface area contributed by atoms with Crippen molar-refractivity contribution in [2.45, 2.75) is 37.9 Å². The summed E-state index contributed by atoms with van der Waals surface area (Å²) in [7, 11) is 2.13. The van der Waals surface area contributed by atoms with Gasteiger partial charge in [-0.15, -0.1) is 0 Å². The van der Waals surface area contributed by atoms with E-state index in [-0.39, 0.29) is 18.1 Å². The van der Waals surface area contributed by atoms with Gasteiger partial charge in [0.15, 0.2) is 5.13 Å². The van der Waals surface area contributed by atoms with Crippen molar-refractivity contribution in [3.8, 4) is 5.75 Å². The van der Waals surface area contributed by atoms with Gasteiger partial charge in [-0.05, 0) is 32.5 Å². The normalized spacial score (nSPS) is 29.5. The Morgan fingerprint density at radius 3 is 3.17 bits per heavy atom. The average Bonchev–Trinajstić information content (AvgIpc) is 3.25. The molecule has 1 N–H and O–H groups in total. The summed E-state index contributed by atoms with van der Waals surface area (Å²) in [4.78, 5) is 21.7. The van der Waals surface area contributed by atoms with E-state index in [0.717, 1.165) is 47.1 Å². The van der Waals surface area contributed by atoms with Crippen LogP contribution in [0.2, 0.25) is 0 Å². The summed E-state index contributed by atoms with van der Waals surface area (Å²) in [6, 6.07) is 4.73. The van der Waals surface area contributed by atoms with E-state index in [9.17, 15) is 4.79 Å². The molecule has 0 spiro atoms. The highest BCUT2D eigenvalue weighted by Crippen LogP contribution is 2.40. The summed E-state index contributed by atoms with van der Waals surface area (Å²) >= 11 is 1.60. The van der Waals surface area contributed by atoms with Crippen LogP contribution in [0.4, 0.5) is 9.93 Å². The highest BCUT2D eigenvalue weighted by Gasteiger charge is 2.47. The molecule has 1 aromatic heterocycles. The van der Waals surface area contributed by atoms with Gasteiger partial charge in [-0.2, -0.15) is 0 Å². The summed E-state index contributed by atoms with van der Waals surface area (Å²) in [5, 5.41) is 3.96. The predicted molar refractivity (Wildman–Crippen MR) is 94.1 cm³/mol. The topological polar surface area (TPSA) is 57.7 Å². The number of carbonyl (C=O) groups is 1. The number of amides is 2. The van der Waals surface area contributed by atoms with Crippen molar-refractivity contribution < 1.29 is 9.53 Å². The number of likely N-dealkylation sites (N-methyl/N-ethyl adjacent to an activating group) is 1. The fourth-order valence-corrected chi connectivity index (χ4v) is 5.24. The first-order valence-electron chi connectivity index (χ1n) is 8.48. The largest absolute Gasteiger partial charge is 0.493 e. The smallest absolute Gasteiger partial charge is 0.324 e. The van der Waals surface area contributed by atoms with Crippen LogP contribution in [-0.2, 0) is 6.42 Å². The molecular formula is C17H20N4O2S. The summed E-state index contributed by atoms with van der Waals surface area (Å²) in [5.74, 6) is 0.939. The molecule has 0 saturated carbocycles. The lowest BCUT2D eigenvalue weighted by molar-refractivity contribution is 0.163. The molecule has 4 heterocycles. The monoisotopic (exact) mass is 344 g/mol. The van der Waals surface area contributed by atoms with Gasteiger partial charge in [0.25, 0.3) is 0 Å². The number of thiazole rings is 1. The van der Waals surface area contributed by atoms with Crippen molar-refractivity contribution in [1.82, 2.24) is 15.2 Å². The zero-order chi connectivity index (χ0) is 16.4. The van der Waals surface area contributed by atoms with Crippen LogP contribution in [0.3, 0.4) is 0 Å². The Morgan fingerprint density at radius 2 is 2.29 bits per heavy atom. The first-order chi connectivity index (χ1) is 11.6. The van der Waals surface area contributed by atoms with Crippen LogP contribution in [0.15, 0.2) is 12.1 Å². The molecule has 0 unspecified atom stereocenters. The molecule has 3 atom stereocenters. The van der Waals surface area contributed by atoms with Gasteiger partial charge in [0, 0.05) is 24.6 Å². The number of hydrogen-bond donors (Lipinski definition) is 1. The van der Waals surface area contributed by atoms with Crippen molar-refractivity contribution in [3.05, 3.63) is 17.7 Å². The summed E-state index contributed by atoms with van der Waals surface area (Å²) in [5.41, 5.74) is 2.18. The van der Waals surface area contributed by atoms with E-state index in [1.807, 2.05) is 11.0 Å². The Bertz CT molecular complexity index is 835. The number of benzene rings is 1. The maximum Gasteiger partial charge on any atom is 0.324 e. The molecule has 5 rings (SSSR count). The van der Waals surface area contributed by atoms with Gasteiger partial charge in [-0.1, -0.05) is 11.3 Å². The van der Waals surface area contributed by atoms with Gasteiger partial charge in [0.1, 0.15) is 5.75 Å². The zero-order valence-electron chi connectivity index (χ0n) is 13.8. The number of aromatic nitrogens is 1. The van der Waals surface area contributed by atoms with Crippen molar-refractivity contribution in [3.63, 3.8) is 0 Å². The second-order valence-electron chi connectivity index (χ2n) is 6.91.